The third kappa shape index (κ3) is 6.43. The van der Waals surface area contributed by atoms with Gasteiger partial charge in [-0.25, -0.2) is 0 Å². The minimum absolute atomic E-state index is 0.0579. The number of phenols is 1. The Morgan fingerprint density at radius 1 is 0.659 bits per heavy atom. The molecule has 5 atom stereocenters. The summed E-state index contributed by atoms with van der Waals surface area (Å²) in [5.41, 5.74) is 1.78. The van der Waals surface area contributed by atoms with Crippen molar-refractivity contribution >= 4 is 0 Å². The van der Waals surface area contributed by atoms with Gasteiger partial charge >= 0.3 is 0 Å². The van der Waals surface area contributed by atoms with Gasteiger partial charge in [0.05, 0.1) is 38.3 Å². The highest BCUT2D eigenvalue weighted by atomic mass is 16.3. The zero-order valence-electron chi connectivity index (χ0n) is 26.7. The summed E-state index contributed by atoms with van der Waals surface area (Å²) in [6, 6.07) is 3.68. The van der Waals surface area contributed by atoms with Gasteiger partial charge in [-0.15, -0.1) is 0 Å². The molecule has 0 bridgehead atoms. The second kappa shape index (κ2) is 14.4. The molecule has 1 aromatic rings. The Kier molecular flexibility index (Phi) is 11.5. The fourth-order valence-electron chi connectivity index (χ4n) is 9.42. The molecule has 5 unspecified atom stereocenters. The van der Waals surface area contributed by atoms with Gasteiger partial charge in [0.25, 0.3) is 0 Å². The summed E-state index contributed by atoms with van der Waals surface area (Å²) in [7, 11) is 0. The fourth-order valence-corrected chi connectivity index (χ4v) is 9.42. The molecule has 0 radical (unpaired) electrons. The third-order valence-electron chi connectivity index (χ3n) is 12.6. The molecule has 4 rings (SSSR count). The van der Waals surface area contributed by atoms with Crippen molar-refractivity contribution in [1.29, 1.82) is 0 Å². The van der Waals surface area contributed by atoms with Gasteiger partial charge in [0.2, 0.25) is 0 Å². The van der Waals surface area contributed by atoms with Crippen molar-refractivity contribution in [2.45, 2.75) is 96.9 Å². The monoisotopic (exact) mass is 620 g/mol. The first-order chi connectivity index (χ1) is 20.9. The van der Waals surface area contributed by atoms with Crippen LogP contribution in [0.5, 0.6) is 5.75 Å². The van der Waals surface area contributed by atoms with Crippen molar-refractivity contribution < 1.29 is 46.0 Å². The summed E-state index contributed by atoms with van der Waals surface area (Å²) < 4.78 is 0. The minimum Gasteiger partial charge on any atom is -0.512 e. The summed E-state index contributed by atoms with van der Waals surface area (Å²) in [4.78, 5) is 0. The van der Waals surface area contributed by atoms with Crippen molar-refractivity contribution in [1.82, 2.24) is 0 Å². The van der Waals surface area contributed by atoms with Gasteiger partial charge < -0.3 is 46.0 Å². The van der Waals surface area contributed by atoms with Crippen molar-refractivity contribution in [2.75, 3.05) is 26.4 Å². The molecule has 250 valence electrons. The van der Waals surface area contributed by atoms with Crippen LogP contribution in [-0.2, 0) is 18.6 Å². The Labute approximate surface area is 261 Å². The highest BCUT2D eigenvalue weighted by Gasteiger charge is 2.53. The summed E-state index contributed by atoms with van der Waals surface area (Å²) >= 11 is 0. The molecule has 2 fully saturated rings. The molecule has 0 aromatic heterocycles. The number of aromatic hydroxyl groups is 1. The smallest absolute Gasteiger partial charge is 0.126 e. The van der Waals surface area contributed by atoms with E-state index in [9.17, 15) is 46.0 Å². The van der Waals surface area contributed by atoms with Crippen molar-refractivity contribution in [3.8, 4) is 5.75 Å². The van der Waals surface area contributed by atoms with E-state index in [-0.39, 0.29) is 91.6 Å². The van der Waals surface area contributed by atoms with Crippen LogP contribution in [0.4, 0.5) is 0 Å². The topological polar surface area (TPSA) is 182 Å². The molecule has 0 saturated heterocycles. The predicted octanol–water partition coefficient (Wildman–Crippen LogP) is 3.28. The van der Waals surface area contributed by atoms with E-state index in [0.717, 1.165) is 31.2 Å². The van der Waals surface area contributed by atoms with Crippen LogP contribution in [0.1, 0.15) is 88.8 Å². The number of hydrogen-bond donors (Lipinski definition) is 9. The lowest BCUT2D eigenvalue weighted by molar-refractivity contribution is -0.108. The second-order valence-electron chi connectivity index (χ2n) is 14.8. The lowest BCUT2D eigenvalue weighted by atomic mass is 9.49. The molecule has 0 aliphatic heterocycles. The highest BCUT2D eigenvalue weighted by Crippen LogP contribution is 2.60. The average molecular weight is 621 g/mol. The van der Waals surface area contributed by atoms with Crippen LogP contribution >= 0.6 is 0 Å². The molecular formula is C35H56O9. The normalized spacial score (nSPS) is 33.3. The zero-order valence-corrected chi connectivity index (χ0v) is 26.7. The quantitative estimate of drug-likeness (QED) is 0.179. The third-order valence-corrected chi connectivity index (χ3v) is 12.6. The standard InChI is InChI=1S/C35H56O9/c1-34(2,28-8-20(14-36)31(42)21(9-28)15-37)26-4-6-27(7-5-26)35(3,29-10-22(16-38)32(43)23(11-29)17-39)30-12-24(18-40)33(44)25(13-30)19-41/h8-9,22-24,26-27,29-30,32,36-44H,4-7,10-19H2,1-3H3. The second-order valence-corrected chi connectivity index (χ2v) is 14.8. The number of rotatable bonds is 11. The van der Waals surface area contributed by atoms with Gasteiger partial charge in [0.15, 0.2) is 0 Å². The summed E-state index contributed by atoms with van der Waals surface area (Å²) in [6.45, 7) is 5.24. The van der Waals surface area contributed by atoms with Gasteiger partial charge in [-0.05, 0) is 109 Å². The van der Waals surface area contributed by atoms with Crippen LogP contribution in [0.2, 0.25) is 0 Å². The van der Waals surface area contributed by atoms with Crippen molar-refractivity contribution in [3.63, 3.8) is 0 Å². The first-order valence-electron chi connectivity index (χ1n) is 16.5. The van der Waals surface area contributed by atoms with E-state index in [0.29, 0.717) is 48.3 Å². The maximum atomic E-state index is 10.9. The van der Waals surface area contributed by atoms with Crippen molar-refractivity contribution in [2.24, 2.45) is 46.8 Å². The SMILES string of the molecule is CC(C)(c1cc(CO)c(O)c(CO)c1)C1CCC(C(C)(C2CC(CO)=C(O)C(CO)C2)C2CC(CO)C(O)C(CO)C2)CC1. The number of hydrogen-bond acceptors (Lipinski definition) is 9. The molecule has 9 nitrogen and oxygen atoms in total. The highest BCUT2D eigenvalue weighted by molar-refractivity contribution is 5.45. The fraction of sp³-hybridized carbons (Fsp3) is 0.771. The average Bonchev–Trinajstić information content (AvgIpc) is 3.04. The summed E-state index contributed by atoms with van der Waals surface area (Å²) in [5.74, 6) is -0.356. The van der Waals surface area contributed by atoms with E-state index in [1.165, 1.54) is 0 Å². The van der Waals surface area contributed by atoms with E-state index in [2.05, 4.69) is 20.8 Å². The van der Waals surface area contributed by atoms with Crippen LogP contribution in [0.15, 0.2) is 23.5 Å². The maximum absolute atomic E-state index is 10.9. The van der Waals surface area contributed by atoms with E-state index >= 15 is 0 Å². The lowest BCUT2D eigenvalue weighted by Gasteiger charge is -2.56. The maximum Gasteiger partial charge on any atom is 0.126 e. The summed E-state index contributed by atoms with van der Waals surface area (Å²) in [6.07, 6.45) is 5.32. The van der Waals surface area contributed by atoms with E-state index < -0.39 is 12.0 Å². The number of aliphatic hydroxyl groups excluding tert-OH is 8. The van der Waals surface area contributed by atoms with Gasteiger partial charge in [-0.1, -0.05) is 20.8 Å². The van der Waals surface area contributed by atoms with Gasteiger partial charge in [-0.3, -0.25) is 0 Å². The Hall–Kier alpha value is -1.72. The van der Waals surface area contributed by atoms with Gasteiger partial charge in [-0.2, -0.15) is 0 Å². The van der Waals surface area contributed by atoms with E-state index in [1.54, 1.807) is 0 Å². The van der Waals surface area contributed by atoms with Crippen molar-refractivity contribution in [3.05, 3.63) is 40.2 Å². The number of aliphatic hydroxyl groups is 8. The Balaban J connectivity index is 1.66. The van der Waals surface area contributed by atoms with Crippen LogP contribution in [0, 0.1) is 46.8 Å². The largest absolute Gasteiger partial charge is 0.512 e. The van der Waals surface area contributed by atoms with E-state index in [1.807, 2.05) is 12.1 Å². The Bertz CT molecular complexity index is 1100. The molecule has 1 aromatic carbocycles. The zero-order chi connectivity index (χ0) is 32.4. The molecule has 9 heteroatoms. The molecule has 2 saturated carbocycles. The first kappa shape index (κ1) is 35.1. The number of benzene rings is 1. The predicted molar refractivity (Wildman–Crippen MR) is 166 cm³/mol. The van der Waals surface area contributed by atoms with Crippen LogP contribution in [-0.4, -0.2) is 78.5 Å². The van der Waals surface area contributed by atoms with Crippen LogP contribution < -0.4 is 0 Å². The lowest BCUT2D eigenvalue weighted by Crippen LogP contribution is -2.52. The molecule has 9 N–H and O–H groups in total. The molecule has 3 aliphatic carbocycles. The van der Waals surface area contributed by atoms with Gasteiger partial charge in [0, 0.05) is 42.1 Å². The van der Waals surface area contributed by atoms with Crippen LogP contribution in [0.25, 0.3) is 0 Å². The van der Waals surface area contributed by atoms with E-state index in [4.69, 9.17) is 0 Å². The molecule has 0 amide bonds. The molecule has 0 heterocycles. The summed E-state index contributed by atoms with van der Waals surface area (Å²) in [5, 5.41) is 92.5. The first-order valence-corrected chi connectivity index (χ1v) is 16.5. The molecular weight excluding hydrogens is 564 g/mol. The molecule has 3 aliphatic rings. The van der Waals surface area contributed by atoms with Crippen LogP contribution in [0.3, 0.4) is 0 Å². The molecule has 44 heavy (non-hydrogen) atoms. The Morgan fingerprint density at radius 3 is 1.64 bits per heavy atom. The molecule has 0 spiro atoms. The van der Waals surface area contributed by atoms with Gasteiger partial charge in [0.1, 0.15) is 5.75 Å². The Morgan fingerprint density at radius 2 is 1.18 bits per heavy atom. The minimum atomic E-state index is -0.770.